The third-order valence-electron chi connectivity index (χ3n) is 6.80. The summed E-state index contributed by atoms with van der Waals surface area (Å²) in [5.41, 5.74) is 1.68. The number of carbonyl (C=O) groups excluding carboxylic acids is 1. The Balaban J connectivity index is 1.36. The van der Waals surface area contributed by atoms with Crippen LogP contribution in [0.1, 0.15) is 52.9 Å². The lowest BCUT2D eigenvalue weighted by Crippen LogP contribution is -2.62. The van der Waals surface area contributed by atoms with Crippen LogP contribution < -0.4 is 15.5 Å². The average molecular weight is 533 g/mol. The summed E-state index contributed by atoms with van der Waals surface area (Å²) in [5, 5.41) is 17.6. The predicted octanol–water partition coefficient (Wildman–Crippen LogP) is 3.08. The Hall–Kier alpha value is -2.73. The van der Waals surface area contributed by atoms with Gasteiger partial charge >= 0.3 is 5.97 Å². The Labute approximate surface area is 217 Å². The van der Waals surface area contributed by atoms with E-state index in [0.29, 0.717) is 60.6 Å². The van der Waals surface area contributed by atoms with Gasteiger partial charge in [-0.1, -0.05) is 35.9 Å². The zero-order chi connectivity index (χ0) is 25.2. The first-order valence-electron chi connectivity index (χ1n) is 12.2. The number of fused-ring (bicyclic) bond motifs is 1. The van der Waals surface area contributed by atoms with Crippen molar-refractivity contribution in [1.29, 1.82) is 0 Å². The molecule has 36 heavy (non-hydrogen) atoms. The maximum Gasteiger partial charge on any atom is 0.337 e. The summed E-state index contributed by atoms with van der Waals surface area (Å²) in [6.45, 7) is 4.69. The smallest absolute Gasteiger partial charge is 0.337 e. The van der Waals surface area contributed by atoms with Crippen LogP contribution >= 0.6 is 22.9 Å². The molecule has 0 saturated carbocycles. The molecule has 2 aromatic heterocycles. The van der Waals surface area contributed by atoms with Gasteiger partial charge in [-0.05, 0) is 37.8 Å². The molecule has 2 saturated heterocycles. The number of aryl methyl sites for hydroxylation is 1. The zero-order valence-electron chi connectivity index (χ0n) is 19.9. The Morgan fingerprint density at radius 2 is 2.06 bits per heavy atom. The standard InChI is InChI=1S/C24H29ClN6O4S/c1-2-15-20(25)30-21(27-15)22(32)28-16-6-9-31(12-18(16)26-13-7-10-35-11-8-13)24-29-17-5-3-4-14(23(33)34)19(17)36-24/h3-5,13,16,18,26H,2,6-12H2,1H3,(H,27,30)(H,28,32)(H,33,34)/t16-,18+/m1/s1. The first-order chi connectivity index (χ1) is 17.4. The molecule has 3 aromatic rings. The van der Waals surface area contributed by atoms with Crippen molar-refractivity contribution in [3.05, 3.63) is 40.4 Å². The number of carbonyl (C=O) groups is 2. The van der Waals surface area contributed by atoms with Gasteiger partial charge in [-0.2, -0.15) is 0 Å². The minimum absolute atomic E-state index is 0.0344. The fraction of sp³-hybridized carbons (Fsp3) is 0.500. The molecule has 192 valence electrons. The number of carboxylic acid groups (broad SMARTS) is 1. The molecule has 0 aliphatic carbocycles. The molecule has 0 radical (unpaired) electrons. The summed E-state index contributed by atoms with van der Waals surface area (Å²) in [5.74, 6) is -1.02. The van der Waals surface area contributed by atoms with Gasteiger partial charge in [-0.3, -0.25) is 4.79 Å². The highest BCUT2D eigenvalue weighted by Gasteiger charge is 2.34. The van der Waals surface area contributed by atoms with Crippen molar-refractivity contribution in [3.8, 4) is 0 Å². The fourth-order valence-electron chi connectivity index (χ4n) is 4.84. The second kappa shape index (κ2) is 10.7. The Bertz CT molecular complexity index is 1260. The molecular weight excluding hydrogens is 504 g/mol. The Morgan fingerprint density at radius 1 is 1.25 bits per heavy atom. The predicted molar refractivity (Wildman–Crippen MR) is 138 cm³/mol. The number of nitrogens with zero attached hydrogens (tertiary/aromatic N) is 3. The minimum Gasteiger partial charge on any atom is -0.478 e. The molecule has 1 amide bonds. The number of piperidine rings is 1. The summed E-state index contributed by atoms with van der Waals surface area (Å²) < 4.78 is 6.19. The monoisotopic (exact) mass is 532 g/mol. The van der Waals surface area contributed by atoms with Crippen molar-refractivity contribution in [2.75, 3.05) is 31.2 Å². The van der Waals surface area contributed by atoms with Crippen LogP contribution in [0.3, 0.4) is 0 Å². The number of hydrogen-bond acceptors (Lipinski definition) is 8. The highest BCUT2D eigenvalue weighted by molar-refractivity contribution is 7.22. The van der Waals surface area contributed by atoms with E-state index in [9.17, 15) is 14.7 Å². The first kappa shape index (κ1) is 24.9. The van der Waals surface area contributed by atoms with Crippen LogP contribution in [0.5, 0.6) is 0 Å². The van der Waals surface area contributed by atoms with E-state index in [0.717, 1.165) is 23.7 Å². The van der Waals surface area contributed by atoms with Crippen molar-refractivity contribution >= 4 is 50.2 Å². The van der Waals surface area contributed by atoms with Crippen LogP contribution in [0.15, 0.2) is 18.2 Å². The minimum atomic E-state index is -0.958. The second-order valence-electron chi connectivity index (χ2n) is 9.14. The molecule has 0 bridgehead atoms. The number of hydrogen-bond donors (Lipinski definition) is 4. The van der Waals surface area contributed by atoms with Crippen molar-refractivity contribution in [1.82, 2.24) is 25.6 Å². The van der Waals surface area contributed by atoms with E-state index >= 15 is 0 Å². The van der Waals surface area contributed by atoms with Crippen molar-refractivity contribution < 1.29 is 19.4 Å². The molecule has 2 atom stereocenters. The quantitative estimate of drug-likeness (QED) is 0.365. The van der Waals surface area contributed by atoms with Crippen LogP contribution in [-0.2, 0) is 11.2 Å². The molecule has 4 heterocycles. The number of aromatic nitrogens is 3. The van der Waals surface area contributed by atoms with Gasteiger partial charge in [0.2, 0.25) is 0 Å². The van der Waals surface area contributed by atoms with E-state index in [1.54, 1.807) is 12.1 Å². The van der Waals surface area contributed by atoms with Gasteiger partial charge in [0.05, 0.1) is 21.5 Å². The van der Waals surface area contributed by atoms with Crippen molar-refractivity contribution in [2.45, 2.75) is 50.7 Å². The number of thiazole rings is 1. The molecule has 10 nitrogen and oxygen atoms in total. The molecule has 1 aromatic carbocycles. The van der Waals surface area contributed by atoms with Gasteiger partial charge in [-0.15, -0.1) is 0 Å². The van der Waals surface area contributed by atoms with Crippen LogP contribution in [0, 0.1) is 0 Å². The number of nitrogens with one attached hydrogen (secondary N) is 3. The topological polar surface area (TPSA) is 132 Å². The van der Waals surface area contributed by atoms with E-state index in [2.05, 4.69) is 25.5 Å². The summed E-state index contributed by atoms with van der Waals surface area (Å²) in [4.78, 5) is 38.8. The Kier molecular flexibility index (Phi) is 7.42. The van der Waals surface area contributed by atoms with Crippen LogP contribution in [0.2, 0.25) is 5.15 Å². The lowest BCUT2D eigenvalue weighted by Gasteiger charge is -2.41. The molecule has 0 unspecified atom stereocenters. The van der Waals surface area contributed by atoms with E-state index in [4.69, 9.17) is 21.3 Å². The number of ether oxygens (including phenoxy) is 1. The van der Waals surface area contributed by atoms with Gasteiger partial charge in [0.1, 0.15) is 0 Å². The third-order valence-corrected chi connectivity index (χ3v) is 8.28. The van der Waals surface area contributed by atoms with Crippen LogP contribution in [0.25, 0.3) is 10.2 Å². The van der Waals surface area contributed by atoms with Gasteiger partial charge < -0.3 is 30.4 Å². The third kappa shape index (κ3) is 5.19. The summed E-state index contributed by atoms with van der Waals surface area (Å²) in [6, 6.07) is 5.31. The number of rotatable bonds is 7. The van der Waals surface area contributed by atoms with E-state index in [-0.39, 0.29) is 29.4 Å². The van der Waals surface area contributed by atoms with Crippen molar-refractivity contribution in [3.63, 3.8) is 0 Å². The van der Waals surface area contributed by atoms with Gasteiger partial charge in [0.15, 0.2) is 16.1 Å². The molecule has 2 fully saturated rings. The summed E-state index contributed by atoms with van der Waals surface area (Å²) >= 11 is 7.54. The maximum atomic E-state index is 13.0. The zero-order valence-corrected chi connectivity index (χ0v) is 21.5. The lowest BCUT2D eigenvalue weighted by atomic mass is 9.97. The van der Waals surface area contributed by atoms with Crippen LogP contribution in [0.4, 0.5) is 5.13 Å². The number of amides is 1. The number of H-pyrrole nitrogens is 1. The SMILES string of the molecule is CCc1[nH]c(C(=O)N[C@@H]2CCN(c3nc4cccc(C(=O)O)c4s3)C[C@@H]2NC2CCOCC2)nc1Cl. The number of anilines is 1. The average Bonchev–Trinajstić information content (AvgIpc) is 3.49. The molecule has 5 rings (SSSR count). The fourth-order valence-corrected chi connectivity index (χ4v) is 6.21. The second-order valence-corrected chi connectivity index (χ2v) is 10.5. The molecular formula is C24H29ClN6O4S. The van der Waals surface area contributed by atoms with Crippen LogP contribution in [-0.4, -0.2) is 76.4 Å². The first-order valence-corrected chi connectivity index (χ1v) is 13.4. The highest BCUT2D eigenvalue weighted by Crippen LogP contribution is 2.33. The largest absolute Gasteiger partial charge is 0.478 e. The molecule has 4 N–H and O–H groups in total. The Morgan fingerprint density at radius 3 is 2.78 bits per heavy atom. The number of carboxylic acids is 1. The number of aromatic amines is 1. The number of imidazole rings is 1. The highest BCUT2D eigenvalue weighted by atomic mass is 35.5. The molecule has 0 spiro atoms. The lowest BCUT2D eigenvalue weighted by molar-refractivity contribution is 0.0698. The van der Waals surface area contributed by atoms with Gasteiger partial charge in [0.25, 0.3) is 5.91 Å². The van der Waals surface area contributed by atoms with E-state index in [1.165, 1.54) is 11.3 Å². The van der Waals surface area contributed by atoms with E-state index in [1.807, 2.05) is 13.0 Å². The number of halogens is 1. The maximum absolute atomic E-state index is 13.0. The summed E-state index contributed by atoms with van der Waals surface area (Å²) in [6.07, 6.45) is 3.18. The van der Waals surface area contributed by atoms with Gasteiger partial charge in [-0.25, -0.2) is 14.8 Å². The molecule has 2 aliphatic rings. The molecule has 12 heteroatoms. The molecule has 2 aliphatic heterocycles. The summed E-state index contributed by atoms with van der Waals surface area (Å²) in [7, 11) is 0. The van der Waals surface area contributed by atoms with Gasteiger partial charge in [0, 0.05) is 44.4 Å². The number of aromatic carboxylic acids is 1. The van der Waals surface area contributed by atoms with E-state index < -0.39 is 5.97 Å². The normalized spacial score (nSPS) is 21.1. The number of benzene rings is 1. The van der Waals surface area contributed by atoms with Crippen molar-refractivity contribution in [2.24, 2.45) is 0 Å².